The number of hydrogen-bond acceptors (Lipinski definition) is 2. The number of alkyl halides is 1. The molecule has 0 aliphatic heterocycles. The van der Waals surface area contributed by atoms with Gasteiger partial charge in [-0.15, -0.1) is 11.6 Å². The van der Waals surface area contributed by atoms with Crippen LogP contribution in [-0.4, -0.2) is 9.78 Å². The molecule has 0 saturated heterocycles. The molecule has 1 aromatic heterocycles. The molecular formula is C13H14BrClN2O. The molecule has 0 radical (unpaired) electrons. The summed E-state index contributed by atoms with van der Waals surface area (Å²) in [4.78, 5) is 0. The largest absolute Gasteiger partial charge is 0.438 e. The molecule has 0 spiro atoms. The van der Waals surface area contributed by atoms with Crippen LogP contribution < -0.4 is 4.74 Å². The van der Waals surface area contributed by atoms with Gasteiger partial charge >= 0.3 is 0 Å². The second-order valence-corrected chi connectivity index (χ2v) is 5.28. The van der Waals surface area contributed by atoms with Gasteiger partial charge in [-0.25, -0.2) is 4.68 Å². The zero-order chi connectivity index (χ0) is 13.3. The molecule has 0 fully saturated rings. The molecule has 1 aromatic carbocycles. The van der Waals surface area contributed by atoms with Crippen LogP contribution in [0.1, 0.15) is 16.8 Å². The number of ether oxygens (including phenoxy) is 1. The van der Waals surface area contributed by atoms with Crippen LogP contribution in [-0.2, 0) is 12.9 Å². The first-order valence-electron chi connectivity index (χ1n) is 5.55. The molecule has 96 valence electrons. The third kappa shape index (κ3) is 2.54. The topological polar surface area (TPSA) is 27.1 Å². The van der Waals surface area contributed by atoms with Crippen molar-refractivity contribution in [3.05, 3.63) is 39.5 Å². The van der Waals surface area contributed by atoms with Crippen LogP contribution >= 0.6 is 27.5 Å². The van der Waals surface area contributed by atoms with Gasteiger partial charge in [-0.2, -0.15) is 5.10 Å². The zero-order valence-electron chi connectivity index (χ0n) is 10.5. The van der Waals surface area contributed by atoms with Gasteiger partial charge in [-0.05, 0) is 47.5 Å². The number of aromatic nitrogens is 2. The molecule has 0 N–H and O–H groups in total. The Morgan fingerprint density at radius 1 is 1.39 bits per heavy atom. The summed E-state index contributed by atoms with van der Waals surface area (Å²) in [5.74, 6) is 1.83. The highest BCUT2D eigenvalue weighted by Gasteiger charge is 2.15. The first kappa shape index (κ1) is 13.4. The van der Waals surface area contributed by atoms with E-state index in [2.05, 4.69) is 21.0 Å². The smallest absolute Gasteiger partial charge is 0.222 e. The normalized spacial score (nSPS) is 10.7. The lowest BCUT2D eigenvalue weighted by atomic mass is 10.2. The summed E-state index contributed by atoms with van der Waals surface area (Å²) in [6, 6.07) is 5.95. The summed E-state index contributed by atoms with van der Waals surface area (Å²) in [6.45, 7) is 3.96. The maximum atomic E-state index is 5.94. The molecule has 2 rings (SSSR count). The molecule has 18 heavy (non-hydrogen) atoms. The van der Waals surface area contributed by atoms with Crippen LogP contribution in [0.2, 0.25) is 0 Å². The van der Waals surface area contributed by atoms with E-state index in [4.69, 9.17) is 16.3 Å². The Balaban J connectivity index is 2.39. The average molecular weight is 330 g/mol. The van der Waals surface area contributed by atoms with E-state index >= 15 is 0 Å². The van der Waals surface area contributed by atoms with Crippen molar-refractivity contribution < 1.29 is 4.74 Å². The lowest BCUT2D eigenvalue weighted by molar-refractivity contribution is 0.425. The lowest BCUT2D eigenvalue weighted by Crippen LogP contribution is -1.97. The maximum absolute atomic E-state index is 5.94. The van der Waals surface area contributed by atoms with E-state index in [0.717, 1.165) is 21.5 Å². The van der Waals surface area contributed by atoms with Gasteiger partial charge in [0.1, 0.15) is 5.75 Å². The van der Waals surface area contributed by atoms with Crippen molar-refractivity contribution in [2.45, 2.75) is 19.7 Å². The molecule has 0 atom stereocenters. The van der Waals surface area contributed by atoms with E-state index < -0.39 is 0 Å². The Morgan fingerprint density at radius 3 is 2.72 bits per heavy atom. The predicted octanol–water partition coefficient (Wildman–Crippen LogP) is 4.33. The van der Waals surface area contributed by atoms with E-state index in [1.165, 1.54) is 5.56 Å². The number of aryl methyl sites for hydroxylation is 3. The minimum atomic E-state index is 0.387. The van der Waals surface area contributed by atoms with Gasteiger partial charge in [0, 0.05) is 7.05 Å². The SMILES string of the molecule is Cc1ccc(Oc2c(CCl)c(C)nn2C)c(Br)c1. The Kier molecular flexibility index (Phi) is 3.97. The number of nitrogens with zero attached hydrogens (tertiary/aromatic N) is 2. The van der Waals surface area contributed by atoms with Crippen LogP contribution in [0.15, 0.2) is 22.7 Å². The van der Waals surface area contributed by atoms with Gasteiger partial charge in [0.05, 0.1) is 21.6 Å². The van der Waals surface area contributed by atoms with Crippen LogP contribution in [0.3, 0.4) is 0 Å². The summed E-state index contributed by atoms with van der Waals surface area (Å²) in [6.07, 6.45) is 0. The molecule has 0 aliphatic carbocycles. The van der Waals surface area contributed by atoms with Crippen molar-refractivity contribution in [3.63, 3.8) is 0 Å². The van der Waals surface area contributed by atoms with Crippen molar-refractivity contribution in [1.82, 2.24) is 9.78 Å². The fraction of sp³-hybridized carbons (Fsp3) is 0.308. The maximum Gasteiger partial charge on any atom is 0.222 e. The molecule has 3 nitrogen and oxygen atoms in total. The third-order valence-electron chi connectivity index (χ3n) is 2.72. The van der Waals surface area contributed by atoms with Gasteiger partial charge in [0.25, 0.3) is 0 Å². The second kappa shape index (κ2) is 5.33. The molecule has 0 aliphatic rings. The Bertz CT molecular complexity index is 581. The average Bonchev–Trinajstić information content (AvgIpc) is 2.57. The van der Waals surface area contributed by atoms with Crippen molar-refractivity contribution in [3.8, 4) is 11.6 Å². The van der Waals surface area contributed by atoms with Gasteiger partial charge in [0.2, 0.25) is 5.88 Å². The lowest BCUT2D eigenvalue weighted by Gasteiger charge is -2.09. The first-order chi connectivity index (χ1) is 8.52. The van der Waals surface area contributed by atoms with Gasteiger partial charge in [-0.1, -0.05) is 6.07 Å². The van der Waals surface area contributed by atoms with E-state index in [1.807, 2.05) is 39.1 Å². The van der Waals surface area contributed by atoms with Crippen molar-refractivity contribution in [2.75, 3.05) is 0 Å². The Labute approximate surface area is 120 Å². The molecule has 0 amide bonds. The predicted molar refractivity (Wildman–Crippen MR) is 76.5 cm³/mol. The van der Waals surface area contributed by atoms with Gasteiger partial charge in [0.15, 0.2) is 0 Å². The van der Waals surface area contributed by atoms with Gasteiger partial charge < -0.3 is 4.74 Å². The van der Waals surface area contributed by atoms with E-state index in [-0.39, 0.29) is 0 Å². The summed E-state index contributed by atoms with van der Waals surface area (Å²) in [5.41, 5.74) is 2.99. The highest BCUT2D eigenvalue weighted by Crippen LogP contribution is 2.33. The third-order valence-corrected chi connectivity index (χ3v) is 3.60. The molecule has 2 aromatic rings. The molecule has 5 heteroatoms. The summed E-state index contributed by atoms with van der Waals surface area (Å²) >= 11 is 9.43. The fourth-order valence-electron chi connectivity index (χ4n) is 1.76. The van der Waals surface area contributed by atoms with Crippen LogP contribution in [0.25, 0.3) is 0 Å². The molecule has 0 unspecified atom stereocenters. The fourth-order valence-corrected chi connectivity index (χ4v) is 2.64. The van der Waals surface area contributed by atoms with E-state index in [9.17, 15) is 0 Å². The minimum absolute atomic E-state index is 0.387. The first-order valence-corrected chi connectivity index (χ1v) is 6.88. The van der Waals surface area contributed by atoms with Crippen molar-refractivity contribution in [2.24, 2.45) is 7.05 Å². The quantitative estimate of drug-likeness (QED) is 0.784. The second-order valence-electron chi connectivity index (χ2n) is 4.16. The number of halogens is 2. The molecule has 0 bridgehead atoms. The van der Waals surface area contributed by atoms with Crippen molar-refractivity contribution in [1.29, 1.82) is 0 Å². The van der Waals surface area contributed by atoms with Crippen LogP contribution in [0, 0.1) is 13.8 Å². The summed E-state index contributed by atoms with van der Waals surface area (Å²) in [5, 5.41) is 4.32. The number of rotatable bonds is 3. The standard InChI is InChI=1S/C13H14BrClN2O/c1-8-4-5-12(11(14)6-8)18-13-10(7-15)9(2)16-17(13)3/h4-6H,7H2,1-3H3. The highest BCUT2D eigenvalue weighted by atomic mass is 79.9. The zero-order valence-corrected chi connectivity index (χ0v) is 12.8. The monoisotopic (exact) mass is 328 g/mol. The molecular weight excluding hydrogens is 316 g/mol. The van der Waals surface area contributed by atoms with E-state index in [0.29, 0.717) is 11.8 Å². The van der Waals surface area contributed by atoms with Gasteiger partial charge in [-0.3, -0.25) is 0 Å². The van der Waals surface area contributed by atoms with Crippen LogP contribution in [0.5, 0.6) is 11.6 Å². The van der Waals surface area contributed by atoms with Crippen molar-refractivity contribution >= 4 is 27.5 Å². The Hall–Kier alpha value is -1.00. The number of benzene rings is 1. The molecule has 0 saturated carbocycles. The minimum Gasteiger partial charge on any atom is -0.438 e. The Morgan fingerprint density at radius 2 is 2.11 bits per heavy atom. The summed E-state index contributed by atoms with van der Waals surface area (Å²) in [7, 11) is 1.85. The summed E-state index contributed by atoms with van der Waals surface area (Å²) < 4.78 is 8.53. The number of hydrogen-bond donors (Lipinski definition) is 0. The van der Waals surface area contributed by atoms with E-state index in [1.54, 1.807) is 4.68 Å². The van der Waals surface area contributed by atoms with Crippen LogP contribution in [0.4, 0.5) is 0 Å². The highest BCUT2D eigenvalue weighted by molar-refractivity contribution is 9.10. The molecule has 1 heterocycles.